The normalized spacial score (nSPS) is 18.9. The average molecular weight is 407 g/mol. The molecule has 2 rings (SSSR count). The van der Waals surface area contributed by atoms with Gasteiger partial charge in [-0.1, -0.05) is 27.2 Å². The Morgan fingerprint density at radius 3 is 2.72 bits per heavy atom. The first kappa shape index (κ1) is 22.9. The van der Waals surface area contributed by atoms with E-state index in [-0.39, 0.29) is 24.5 Å². The van der Waals surface area contributed by atoms with E-state index < -0.39 is 5.54 Å². The van der Waals surface area contributed by atoms with Gasteiger partial charge in [-0.15, -0.1) is 0 Å². The third-order valence-electron chi connectivity index (χ3n) is 4.68. The van der Waals surface area contributed by atoms with Crippen molar-refractivity contribution in [3.63, 3.8) is 0 Å². The summed E-state index contributed by atoms with van der Waals surface area (Å²) in [5.74, 6) is 0.882. The Morgan fingerprint density at radius 1 is 1.41 bits per heavy atom. The van der Waals surface area contributed by atoms with Crippen LogP contribution < -0.4 is 15.4 Å². The van der Waals surface area contributed by atoms with Crippen molar-refractivity contribution < 1.29 is 19.1 Å². The van der Waals surface area contributed by atoms with Gasteiger partial charge in [-0.2, -0.15) is 5.10 Å². The van der Waals surface area contributed by atoms with Crippen molar-refractivity contribution in [3.8, 4) is 5.88 Å². The van der Waals surface area contributed by atoms with Crippen LogP contribution in [0.25, 0.3) is 6.20 Å². The highest BCUT2D eigenvalue weighted by molar-refractivity contribution is 5.96. The number of hydrogen-bond donors (Lipinski definition) is 2. The van der Waals surface area contributed by atoms with Crippen LogP contribution in [0.1, 0.15) is 57.8 Å². The van der Waals surface area contributed by atoms with Gasteiger partial charge in [0.1, 0.15) is 12.2 Å². The van der Waals surface area contributed by atoms with Gasteiger partial charge < -0.3 is 20.1 Å². The largest absolute Gasteiger partial charge is 0.477 e. The van der Waals surface area contributed by atoms with E-state index in [9.17, 15) is 9.59 Å². The second-order valence-electron chi connectivity index (χ2n) is 8.52. The Balaban J connectivity index is 2.16. The smallest absolute Gasteiger partial charge is 0.258 e. The van der Waals surface area contributed by atoms with Gasteiger partial charge in [0.2, 0.25) is 11.8 Å². The fourth-order valence-electron chi connectivity index (χ4n) is 2.95. The second kappa shape index (κ2) is 9.91. The van der Waals surface area contributed by atoms with E-state index in [1.807, 2.05) is 27.7 Å². The maximum Gasteiger partial charge on any atom is 0.258 e. The molecule has 1 fully saturated rings. The van der Waals surface area contributed by atoms with E-state index in [4.69, 9.17) is 9.47 Å². The molecule has 0 aromatic carbocycles. The Labute approximate surface area is 173 Å². The Hall–Kier alpha value is -2.35. The zero-order chi connectivity index (χ0) is 21.6. The number of methoxy groups -OCH3 is 1. The molecule has 2 N–H and O–H groups in total. The number of rotatable bonds is 11. The van der Waals surface area contributed by atoms with Gasteiger partial charge in [-0.25, -0.2) is 4.68 Å². The number of nitrogens with zero attached hydrogens (tertiary/aromatic N) is 2. The van der Waals surface area contributed by atoms with E-state index >= 15 is 0 Å². The lowest BCUT2D eigenvalue weighted by atomic mass is 10.1. The van der Waals surface area contributed by atoms with Gasteiger partial charge in [0.05, 0.1) is 18.3 Å². The van der Waals surface area contributed by atoms with E-state index in [2.05, 4.69) is 22.7 Å². The summed E-state index contributed by atoms with van der Waals surface area (Å²) < 4.78 is 12.3. The molecule has 1 aliphatic rings. The fraction of sp³-hybridized carbons (Fsp3) is 0.667. The summed E-state index contributed by atoms with van der Waals surface area (Å²) in [6, 6.07) is 0.235. The van der Waals surface area contributed by atoms with Gasteiger partial charge in [0.25, 0.3) is 5.91 Å². The molecule has 1 aromatic rings. The third kappa shape index (κ3) is 6.88. The maximum absolute atomic E-state index is 12.7. The summed E-state index contributed by atoms with van der Waals surface area (Å²) in [6.07, 6.45) is 7.10. The average Bonchev–Trinajstić information content (AvgIpc) is 3.24. The number of carbonyl (C=O) groups excluding carboxylic acids is 2. The van der Waals surface area contributed by atoms with Gasteiger partial charge in [-0.05, 0) is 38.2 Å². The molecule has 0 spiro atoms. The van der Waals surface area contributed by atoms with Crippen molar-refractivity contribution in [2.24, 2.45) is 11.8 Å². The highest BCUT2D eigenvalue weighted by Crippen LogP contribution is 2.33. The summed E-state index contributed by atoms with van der Waals surface area (Å²) in [7, 11) is 1.47. The van der Waals surface area contributed by atoms with Crippen LogP contribution in [0.5, 0.6) is 5.88 Å². The molecule has 1 unspecified atom stereocenters. The SMILES string of the molecule is CCC1C[C@@H]1NC(=O)c1cnn(/C=C/C(C)(C)NC(=O)COC)c1OCC(C)C. The van der Waals surface area contributed by atoms with E-state index in [1.165, 1.54) is 18.0 Å². The highest BCUT2D eigenvalue weighted by atomic mass is 16.5. The van der Waals surface area contributed by atoms with Crippen LogP contribution in [-0.4, -0.2) is 53.5 Å². The van der Waals surface area contributed by atoms with E-state index in [0.717, 1.165) is 12.8 Å². The van der Waals surface area contributed by atoms with Crippen LogP contribution in [0.3, 0.4) is 0 Å². The maximum atomic E-state index is 12.7. The molecular weight excluding hydrogens is 372 g/mol. The van der Waals surface area contributed by atoms with E-state index in [0.29, 0.717) is 29.9 Å². The summed E-state index contributed by atoms with van der Waals surface area (Å²) in [5.41, 5.74) is -0.208. The summed E-state index contributed by atoms with van der Waals surface area (Å²) >= 11 is 0. The molecule has 1 aliphatic carbocycles. The molecular formula is C21H34N4O4. The lowest BCUT2D eigenvalue weighted by molar-refractivity contribution is -0.125. The first-order valence-corrected chi connectivity index (χ1v) is 10.2. The molecule has 0 saturated heterocycles. The van der Waals surface area contributed by atoms with Crippen molar-refractivity contribution in [2.75, 3.05) is 20.3 Å². The zero-order valence-corrected chi connectivity index (χ0v) is 18.3. The Bertz CT molecular complexity index is 739. The standard InChI is InChI=1S/C21H34N4O4/c1-7-15-10-17(15)23-19(27)16-11-22-25(20(16)29-12-14(2)3)9-8-21(4,5)24-18(26)13-28-6/h8-9,11,14-15,17H,7,10,12-13H2,1-6H3,(H,23,27)(H,24,26)/b9-8+/t15?,17-/m0/s1. The fourth-order valence-corrected chi connectivity index (χ4v) is 2.95. The number of hydrogen-bond acceptors (Lipinski definition) is 5. The summed E-state index contributed by atoms with van der Waals surface area (Å²) in [4.78, 5) is 24.5. The lowest BCUT2D eigenvalue weighted by Gasteiger charge is -2.22. The molecule has 1 heterocycles. The van der Waals surface area contributed by atoms with Crippen molar-refractivity contribution in [1.82, 2.24) is 20.4 Å². The van der Waals surface area contributed by atoms with Gasteiger partial charge >= 0.3 is 0 Å². The Morgan fingerprint density at radius 2 is 2.14 bits per heavy atom. The van der Waals surface area contributed by atoms with Crippen LogP contribution >= 0.6 is 0 Å². The molecule has 0 aliphatic heterocycles. The predicted octanol–water partition coefficient (Wildman–Crippen LogP) is 2.46. The molecule has 162 valence electrons. The van der Waals surface area contributed by atoms with Crippen molar-refractivity contribution in [1.29, 1.82) is 0 Å². The highest BCUT2D eigenvalue weighted by Gasteiger charge is 2.37. The minimum atomic E-state index is -0.623. The second-order valence-corrected chi connectivity index (χ2v) is 8.52. The lowest BCUT2D eigenvalue weighted by Crippen LogP contribution is -2.43. The molecule has 2 atom stereocenters. The first-order valence-electron chi connectivity index (χ1n) is 10.2. The summed E-state index contributed by atoms with van der Waals surface area (Å²) in [6.45, 7) is 10.4. The van der Waals surface area contributed by atoms with Crippen LogP contribution in [-0.2, 0) is 9.53 Å². The molecule has 29 heavy (non-hydrogen) atoms. The number of nitrogens with one attached hydrogen (secondary N) is 2. The minimum absolute atomic E-state index is 0.00791. The van der Waals surface area contributed by atoms with Gasteiger partial charge in [0, 0.05) is 19.4 Å². The predicted molar refractivity (Wildman–Crippen MR) is 112 cm³/mol. The molecule has 8 heteroatoms. The topological polar surface area (TPSA) is 94.5 Å². The van der Waals surface area contributed by atoms with Crippen LogP contribution in [0.15, 0.2) is 12.3 Å². The molecule has 0 radical (unpaired) electrons. The zero-order valence-electron chi connectivity index (χ0n) is 18.3. The van der Waals surface area contributed by atoms with Crippen LogP contribution in [0.4, 0.5) is 0 Å². The summed E-state index contributed by atoms with van der Waals surface area (Å²) in [5, 5.41) is 10.2. The molecule has 0 bridgehead atoms. The number of ether oxygens (including phenoxy) is 2. The van der Waals surface area contributed by atoms with Gasteiger partial charge in [0.15, 0.2) is 0 Å². The molecule has 1 aromatic heterocycles. The van der Waals surface area contributed by atoms with Crippen molar-refractivity contribution >= 4 is 18.0 Å². The quantitative estimate of drug-likeness (QED) is 0.589. The molecule has 8 nitrogen and oxygen atoms in total. The third-order valence-corrected chi connectivity index (χ3v) is 4.68. The van der Waals surface area contributed by atoms with Crippen molar-refractivity contribution in [3.05, 3.63) is 17.8 Å². The number of amides is 2. The van der Waals surface area contributed by atoms with Crippen LogP contribution in [0, 0.1) is 11.8 Å². The first-order chi connectivity index (χ1) is 13.7. The number of aromatic nitrogens is 2. The Kier molecular flexibility index (Phi) is 7.84. The molecule has 1 saturated carbocycles. The van der Waals surface area contributed by atoms with Crippen molar-refractivity contribution in [2.45, 2.75) is 59.0 Å². The van der Waals surface area contributed by atoms with Crippen LogP contribution in [0.2, 0.25) is 0 Å². The van der Waals surface area contributed by atoms with E-state index in [1.54, 1.807) is 12.3 Å². The minimum Gasteiger partial charge on any atom is -0.477 e. The number of carbonyl (C=O) groups is 2. The van der Waals surface area contributed by atoms with Gasteiger partial charge in [-0.3, -0.25) is 9.59 Å². The monoisotopic (exact) mass is 406 g/mol. The molecule has 2 amide bonds.